The van der Waals surface area contributed by atoms with Crippen LogP contribution in [0.1, 0.15) is 48.9 Å². The van der Waals surface area contributed by atoms with E-state index in [0.717, 1.165) is 18.7 Å². The van der Waals surface area contributed by atoms with Crippen molar-refractivity contribution in [1.82, 2.24) is 15.3 Å². The van der Waals surface area contributed by atoms with E-state index in [-0.39, 0.29) is 18.4 Å². The van der Waals surface area contributed by atoms with Crippen molar-refractivity contribution in [2.24, 2.45) is 0 Å². The third-order valence-corrected chi connectivity index (χ3v) is 6.42. The highest BCUT2D eigenvalue weighted by molar-refractivity contribution is 5.97. The van der Waals surface area contributed by atoms with Crippen LogP contribution in [0.25, 0.3) is 0 Å². The molecule has 1 aromatic carbocycles. The molecular weight excluding hydrogens is 436 g/mol. The van der Waals surface area contributed by atoms with Gasteiger partial charge in [0.25, 0.3) is 5.91 Å². The molecule has 3 N–H and O–H groups in total. The number of aliphatic hydroxyl groups is 1. The van der Waals surface area contributed by atoms with Crippen molar-refractivity contribution in [3.63, 3.8) is 0 Å². The van der Waals surface area contributed by atoms with Crippen molar-refractivity contribution < 1.29 is 19.4 Å². The minimum absolute atomic E-state index is 0.0179. The number of ether oxygens (including phenoxy) is 1. The molecule has 182 valence electrons. The minimum Gasteiger partial charge on any atom is -0.495 e. The Morgan fingerprint density at radius 1 is 1.29 bits per heavy atom. The molecule has 0 saturated heterocycles. The Hall–Kier alpha value is -3.40. The fourth-order valence-corrected chi connectivity index (χ4v) is 4.52. The number of amides is 2. The molecule has 0 atom stereocenters. The standard InChI is InChI=1S/C24H32N6O4/c1-29-19-15-26-24(28-22(19)30(12-10-21(29)32)17-6-3-4-7-17)27-18-14-16(8-9-20(18)34-2)23(33)25-11-5-13-31/h8-9,14-15,17,31H,3-7,10-13H2,1-2H3,(H,25,33)(H,26,27,28). The molecule has 10 nitrogen and oxygen atoms in total. The van der Waals surface area contributed by atoms with Crippen molar-refractivity contribution in [1.29, 1.82) is 0 Å². The minimum atomic E-state index is -0.241. The lowest BCUT2D eigenvalue weighted by Crippen LogP contribution is -2.34. The Kier molecular flexibility index (Phi) is 7.46. The number of hydrogen-bond acceptors (Lipinski definition) is 8. The topological polar surface area (TPSA) is 120 Å². The first kappa shape index (κ1) is 23.7. The average molecular weight is 469 g/mol. The van der Waals surface area contributed by atoms with Crippen LogP contribution in [-0.4, -0.2) is 66.8 Å². The zero-order valence-corrected chi connectivity index (χ0v) is 19.7. The summed E-state index contributed by atoms with van der Waals surface area (Å²) in [6.07, 6.45) is 7.14. The van der Waals surface area contributed by atoms with Crippen LogP contribution in [0.4, 0.5) is 23.1 Å². The van der Waals surface area contributed by atoms with Gasteiger partial charge in [0, 0.05) is 44.8 Å². The number of rotatable bonds is 8. The Bertz CT molecular complexity index is 1040. The summed E-state index contributed by atoms with van der Waals surface area (Å²) in [6.45, 7) is 1.04. The van der Waals surface area contributed by atoms with Gasteiger partial charge in [-0.1, -0.05) is 12.8 Å². The summed E-state index contributed by atoms with van der Waals surface area (Å²) in [5, 5.41) is 14.9. The van der Waals surface area contributed by atoms with E-state index in [1.165, 1.54) is 12.8 Å². The molecular formula is C24H32N6O4. The van der Waals surface area contributed by atoms with Crippen molar-refractivity contribution in [3.05, 3.63) is 30.0 Å². The maximum absolute atomic E-state index is 12.6. The normalized spacial score (nSPS) is 16.3. The summed E-state index contributed by atoms with van der Waals surface area (Å²) >= 11 is 0. The van der Waals surface area contributed by atoms with Crippen LogP contribution >= 0.6 is 0 Å². The summed E-state index contributed by atoms with van der Waals surface area (Å²) in [6, 6.07) is 5.44. The van der Waals surface area contributed by atoms with Gasteiger partial charge in [-0.25, -0.2) is 4.98 Å². The number of benzene rings is 1. The van der Waals surface area contributed by atoms with E-state index in [1.54, 1.807) is 43.5 Å². The van der Waals surface area contributed by atoms with Gasteiger partial charge >= 0.3 is 0 Å². The number of nitrogens with zero attached hydrogens (tertiary/aromatic N) is 4. The lowest BCUT2D eigenvalue weighted by atomic mass is 10.1. The number of fused-ring (bicyclic) bond motifs is 1. The third-order valence-electron chi connectivity index (χ3n) is 6.42. The Labute approximate surface area is 199 Å². The fourth-order valence-electron chi connectivity index (χ4n) is 4.52. The fraction of sp³-hybridized carbons (Fsp3) is 0.500. The molecule has 0 radical (unpaired) electrons. The predicted molar refractivity (Wildman–Crippen MR) is 130 cm³/mol. The number of anilines is 4. The first-order valence-corrected chi connectivity index (χ1v) is 11.8. The van der Waals surface area contributed by atoms with Crippen LogP contribution in [0.2, 0.25) is 0 Å². The zero-order valence-electron chi connectivity index (χ0n) is 19.7. The van der Waals surface area contributed by atoms with Crippen molar-refractivity contribution in [3.8, 4) is 5.75 Å². The van der Waals surface area contributed by atoms with Gasteiger partial charge in [0.1, 0.15) is 11.4 Å². The Balaban J connectivity index is 1.64. The summed E-state index contributed by atoms with van der Waals surface area (Å²) in [7, 11) is 3.32. The lowest BCUT2D eigenvalue weighted by Gasteiger charge is -2.30. The molecule has 34 heavy (non-hydrogen) atoms. The van der Waals surface area contributed by atoms with Crippen molar-refractivity contribution in [2.45, 2.75) is 44.6 Å². The van der Waals surface area contributed by atoms with Crippen LogP contribution in [0.5, 0.6) is 5.75 Å². The SMILES string of the molecule is COc1ccc(C(=O)NCCCO)cc1Nc1ncc2c(n1)N(C1CCCC1)CCC(=O)N2C. The largest absolute Gasteiger partial charge is 0.495 e. The second-order valence-corrected chi connectivity index (χ2v) is 8.61. The van der Waals surface area contributed by atoms with Crippen molar-refractivity contribution >= 4 is 35.0 Å². The van der Waals surface area contributed by atoms with Crippen LogP contribution < -0.4 is 25.2 Å². The van der Waals surface area contributed by atoms with Gasteiger partial charge in [-0.2, -0.15) is 4.98 Å². The molecule has 2 aliphatic rings. The number of hydrogen-bond donors (Lipinski definition) is 3. The molecule has 4 rings (SSSR count). The lowest BCUT2D eigenvalue weighted by molar-refractivity contribution is -0.118. The molecule has 2 amide bonds. The summed E-state index contributed by atoms with van der Waals surface area (Å²) in [5.74, 6) is 1.46. The average Bonchev–Trinajstić information content (AvgIpc) is 3.35. The molecule has 2 aromatic rings. The van der Waals surface area contributed by atoms with Crippen LogP contribution in [-0.2, 0) is 4.79 Å². The Morgan fingerprint density at radius 3 is 2.82 bits per heavy atom. The summed E-state index contributed by atoms with van der Waals surface area (Å²) < 4.78 is 5.47. The van der Waals surface area contributed by atoms with Gasteiger partial charge in [0.05, 0.1) is 19.0 Å². The molecule has 1 fully saturated rings. The van der Waals surface area contributed by atoms with Gasteiger partial charge in [-0.3, -0.25) is 9.59 Å². The summed E-state index contributed by atoms with van der Waals surface area (Å²) in [4.78, 5) is 38.2. The van der Waals surface area contributed by atoms with E-state index < -0.39 is 0 Å². The van der Waals surface area contributed by atoms with Crippen molar-refractivity contribution in [2.75, 3.05) is 49.0 Å². The molecule has 1 saturated carbocycles. The van der Waals surface area contributed by atoms with Gasteiger partial charge in [-0.05, 0) is 37.5 Å². The molecule has 2 heterocycles. The van der Waals surface area contributed by atoms with Gasteiger partial charge in [0.15, 0.2) is 5.82 Å². The first-order chi connectivity index (χ1) is 16.5. The molecule has 0 unspecified atom stereocenters. The van der Waals surface area contributed by atoms with E-state index >= 15 is 0 Å². The molecule has 0 bridgehead atoms. The maximum atomic E-state index is 12.6. The Morgan fingerprint density at radius 2 is 2.09 bits per heavy atom. The molecule has 1 aromatic heterocycles. The second-order valence-electron chi connectivity index (χ2n) is 8.61. The molecule has 10 heteroatoms. The first-order valence-electron chi connectivity index (χ1n) is 11.8. The molecule has 1 aliphatic heterocycles. The number of carbonyl (C=O) groups is 2. The smallest absolute Gasteiger partial charge is 0.251 e. The molecule has 0 spiro atoms. The van der Waals surface area contributed by atoms with E-state index in [0.29, 0.717) is 60.6 Å². The maximum Gasteiger partial charge on any atom is 0.251 e. The third kappa shape index (κ3) is 5.06. The van der Waals surface area contributed by atoms with Crippen LogP contribution in [0.3, 0.4) is 0 Å². The number of aliphatic hydroxyl groups excluding tert-OH is 1. The van der Waals surface area contributed by atoms with Gasteiger partial charge in [-0.15, -0.1) is 0 Å². The van der Waals surface area contributed by atoms with E-state index in [2.05, 4.69) is 20.5 Å². The summed E-state index contributed by atoms with van der Waals surface area (Å²) in [5.41, 5.74) is 1.71. The highest BCUT2D eigenvalue weighted by atomic mass is 16.5. The number of carbonyl (C=O) groups excluding carboxylic acids is 2. The zero-order chi connectivity index (χ0) is 24.1. The highest BCUT2D eigenvalue weighted by Gasteiger charge is 2.31. The number of methoxy groups -OCH3 is 1. The van der Waals surface area contributed by atoms with E-state index in [1.807, 2.05) is 0 Å². The highest BCUT2D eigenvalue weighted by Crippen LogP contribution is 2.37. The number of nitrogens with one attached hydrogen (secondary N) is 2. The second kappa shape index (κ2) is 10.7. The number of aromatic nitrogens is 2. The van der Waals surface area contributed by atoms with Crippen LogP contribution in [0.15, 0.2) is 24.4 Å². The predicted octanol–water partition coefficient (Wildman–Crippen LogP) is 2.46. The monoisotopic (exact) mass is 468 g/mol. The van der Waals surface area contributed by atoms with Gasteiger partial charge in [0.2, 0.25) is 11.9 Å². The van der Waals surface area contributed by atoms with E-state index in [4.69, 9.17) is 14.8 Å². The quantitative estimate of drug-likeness (QED) is 0.506. The van der Waals surface area contributed by atoms with E-state index in [9.17, 15) is 9.59 Å². The van der Waals surface area contributed by atoms with Crippen LogP contribution in [0, 0.1) is 0 Å². The van der Waals surface area contributed by atoms with Gasteiger partial charge < -0.3 is 30.3 Å². The molecule has 1 aliphatic carbocycles.